The summed E-state index contributed by atoms with van der Waals surface area (Å²) in [4.78, 5) is 11.9. The number of hydrogen-bond donors (Lipinski definition) is 0. The van der Waals surface area contributed by atoms with Crippen molar-refractivity contribution in [1.82, 2.24) is 0 Å². The molecule has 0 bridgehead atoms. The van der Waals surface area contributed by atoms with Crippen molar-refractivity contribution in [3.63, 3.8) is 0 Å². The van der Waals surface area contributed by atoms with Crippen molar-refractivity contribution in [2.75, 3.05) is 0 Å². The summed E-state index contributed by atoms with van der Waals surface area (Å²) in [5, 5.41) is 2.18. The molecule has 0 fully saturated rings. The number of benzene rings is 3. The van der Waals surface area contributed by atoms with Crippen LogP contribution in [0.2, 0.25) is 0 Å². The first-order valence-electron chi connectivity index (χ1n) is 7.07. The van der Waals surface area contributed by atoms with E-state index in [0.717, 1.165) is 16.3 Å². The highest BCUT2D eigenvalue weighted by atomic mass is 19.1. The normalized spacial score (nSPS) is 12.2. The third-order valence-corrected chi connectivity index (χ3v) is 3.47. The molecule has 0 radical (unpaired) electrons. The van der Waals surface area contributed by atoms with Gasteiger partial charge in [-0.1, -0.05) is 66.7 Å². The SMILES string of the molecule is O=C(c1ccccc1)C(F)OCc1ccc2ccccc2c1. The smallest absolute Gasteiger partial charge is 0.263 e. The second kappa shape index (κ2) is 6.50. The zero-order chi connectivity index (χ0) is 15.4. The maximum Gasteiger partial charge on any atom is 0.263 e. The Balaban J connectivity index is 1.67. The van der Waals surface area contributed by atoms with Gasteiger partial charge in [-0.2, -0.15) is 0 Å². The molecule has 1 unspecified atom stereocenters. The van der Waals surface area contributed by atoms with Gasteiger partial charge in [0, 0.05) is 5.56 Å². The van der Waals surface area contributed by atoms with Crippen molar-refractivity contribution in [2.45, 2.75) is 13.0 Å². The second-order valence-electron chi connectivity index (χ2n) is 5.04. The van der Waals surface area contributed by atoms with Gasteiger partial charge in [-0.05, 0) is 22.4 Å². The maximum atomic E-state index is 13.9. The van der Waals surface area contributed by atoms with Crippen LogP contribution in [0.1, 0.15) is 15.9 Å². The zero-order valence-corrected chi connectivity index (χ0v) is 11.9. The third kappa shape index (κ3) is 3.21. The first kappa shape index (κ1) is 14.4. The summed E-state index contributed by atoms with van der Waals surface area (Å²) in [5.74, 6) is -0.651. The van der Waals surface area contributed by atoms with Crippen LogP contribution in [0.15, 0.2) is 72.8 Å². The minimum absolute atomic E-state index is 0.0601. The fourth-order valence-electron chi connectivity index (χ4n) is 2.31. The highest BCUT2D eigenvalue weighted by Crippen LogP contribution is 2.17. The van der Waals surface area contributed by atoms with E-state index in [2.05, 4.69) is 0 Å². The van der Waals surface area contributed by atoms with Crippen LogP contribution in [0.5, 0.6) is 0 Å². The van der Waals surface area contributed by atoms with Gasteiger partial charge in [0.2, 0.25) is 5.78 Å². The number of fused-ring (bicyclic) bond motifs is 1. The molecule has 3 aromatic carbocycles. The van der Waals surface area contributed by atoms with Crippen molar-refractivity contribution >= 4 is 16.6 Å². The number of hydrogen-bond acceptors (Lipinski definition) is 2. The van der Waals surface area contributed by atoms with Crippen molar-refractivity contribution in [2.24, 2.45) is 0 Å². The van der Waals surface area contributed by atoms with Gasteiger partial charge in [-0.25, -0.2) is 4.39 Å². The van der Waals surface area contributed by atoms with Crippen LogP contribution in [-0.4, -0.2) is 12.1 Å². The summed E-state index contributed by atoms with van der Waals surface area (Å²) in [6.07, 6.45) is -1.95. The first-order chi connectivity index (χ1) is 10.7. The molecule has 2 nitrogen and oxygen atoms in total. The lowest BCUT2D eigenvalue weighted by Crippen LogP contribution is -2.19. The first-order valence-corrected chi connectivity index (χ1v) is 7.07. The topological polar surface area (TPSA) is 26.3 Å². The Morgan fingerprint density at radius 3 is 2.36 bits per heavy atom. The Kier molecular flexibility index (Phi) is 4.26. The Labute approximate surface area is 128 Å². The van der Waals surface area contributed by atoms with Gasteiger partial charge in [0.15, 0.2) is 0 Å². The fraction of sp³-hybridized carbons (Fsp3) is 0.105. The predicted octanol–water partition coefficient (Wildman–Crippen LogP) is 4.53. The molecule has 0 aromatic heterocycles. The monoisotopic (exact) mass is 294 g/mol. The van der Waals surface area contributed by atoms with Crippen molar-refractivity contribution < 1.29 is 13.9 Å². The fourth-order valence-corrected chi connectivity index (χ4v) is 2.31. The van der Waals surface area contributed by atoms with Crippen LogP contribution in [0.25, 0.3) is 10.8 Å². The molecule has 3 rings (SSSR count). The number of halogens is 1. The van der Waals surface area contributed by atoms with E-state index in [0.29, 0.717) is 5.56 Å². The Morgan fingerprint density at radius 2 is 1.59 bits per heavy atom. The molecule has 0 aliphatic rings. The summed E-state index contributed by atoms with van der Waals surface area (Å²) >= 11 is 0. The summed E-state index contributed by atoms with van der Waals surface area (Å²) in [5.41, 5.74) is 1.15. The number of carbonyl (C=O) groups is 1. The number of ether oxygens (including phenoxy) is 1. The lowest BCUT2D eigenvalue weighted by atomic mass is 10.1. The molecule has 0 aliphatic carbocycles. The highest BCUT2D eigenvalue weighted by Gasteiger charge is 2.19. The van der Waals surface area contributed by atoms with Gasteiger partial charge in [-0.3, -0.25) is 4.79 Å². The number of Topliss-reactive ketones (excluding diaryl/α,β-unsaturated/α-hetero) is 1. The predicted molar refractivity (Wildman–Crippen MR) is 84.4 cm³/mol. The van der Waals surface area contributed by atoms with Crippen molar-refractivity contribution in [1.29, 1.82) is 0 Å². The summed E-state index contributed by atoms with van der Waals surface area (Å²) in [7, 11) is 0. The van der Waals surface area contributed by atoms with E-state index in [1.165, 1.54) is 0 Å². The van der Waals surface area contributed by atoms with Crippen LogP contribution < -0.4 is 0 Å². The van der Waals surface area contributed by atoms with E-state index in [1.807, 2.05) is 42.5 Å². The van der Waals surface area contributed by atoms with Gasteiger partial charge >= 0.3 is 0 Å². The number of carbonyl (C=O) groups excluding carboxylic acids is 1. The highest BCUT2D eigenvalue weighted by molar-refractivity contribution is 5.98. The Morgan fingerprint density at radius 1 is 0.909 bits per heavy atom. The molecule has 3 aromatic rings. The van der Waals surface area contributed by atoms with E-state index >= 15 is 0 Å². The zero-order valence-electron chi connectivity index (χ0n) is 11.9. The maximum absolute atomic E-state index is 13.9. The van der Waals surface area contributed by atoms with E-state index in [9.17, 15) is 9.18 Å². The molecule has 0 saturated heterocycles. The number of alkyl halides is 1. The molecule has 0 aliphatic heterocycles. The van der Waals surface area contributed by atoms with Crippen LogP contribution >= 0.6 is 0 Å². The average Bonchev–Trinajstić information content (AvgIpc) is 2.59. The van der Waals surface area contributed by atoms with E-state index in [-0.39, 0.29) is 6.61 Å². The lowest BCUT2D eigenvalue weighted by Gasteiger charge is -2.10. The summed E-state index contributed by atoms with van der Waals surface area (Å²) in [6.45, 7) is 0.0601. The molecule has 3 heteroatoms. The molecule has 0 heterocycles. The molecular weight excluding hydrogens is 279 g/mol. The Hall–Kier alpha value is -2.52. The molecule has 0 amide bonds. The second-order valence-corrected chi connectivity index (χ2v) is 5.04. The molecule has 0 spiro atoms. The molecule has 0 N–H and O–H groups in total. The van der Waals surface area contributed by atoms with Crippen LogP contribution in [0.3, 0.4) is 0 Å². The molecule has 0 saturated carbocycles. The quantitative estimate of drug-likeness (QED) is 0.646. The van der Waals surface area contributed by atoms with E-state index in [4.69, 9.17) is 4.74 Å². The molecule has 22 heavy (non-hydrogen) atoms. The van der Waals surface area contributed by atoms with Crippen molar-refractivity contribution in [3.8, 4) is 0 Å². The van der Waals surface area contributed by atoms with E-state index in [1.54, 1.807) is 30.3 Å². The molecule has 1 atom stereocenters. The standard InChI is InChI=1S/C19H15FO2/c20-19(18(21)16-7-2-1-3-8-16)22-13-14-10-11-15-6-4-5-9-17(15)12-14/h1-12,19H,13H2. The van der Waals surface area contributed by atoms with Crippen molar-refractivity contribution in [3.05, 3.63) is 83.9 Å². The number of ketones is 1. The Bertz CT molecular complexity index is 784. The third-order valence-electron chi connectivity index (χ3n) is 3.47. The van der Waals surface area contributed by atoms with Gasteiger partial charge in [0.25, 0.3) is 6.36 Å². The van der Waals surface area contributed by atoms with Crippen LogP contribution in [-0.2, 0) is 11.3 Å². The average molecular weight is 294 g/mol. The van der Waals surface area contributed by atoms with Gasteiger partial charge in [0.05, 0.1) is 6.61 Å². The summed E-state index contributed by atoms with van der Waals surface area (Å²) < 4.78 is 19.0. The van der Waals surface area contributed by atoms with Crippen LogP contribution in [0.4, 0.5) is 4.39 Å². The van der Waals surface area contributed by atoms with Gasteiger partial charge in [-0.15, -0.1) is 0 Å². The minimum Gasteiger partial charge on any atom is -0.337 e. The van der Waals surface area contributed by atoms with Crippen LogP contribution in [0, 0.1) is 0 Å². The largest absolute Gasteiger partial charge is 0.337 e. The van der Waals surface area contributed by atoms with E-state index < -0.39 is 12.1 Å². The summed E-state index contributed by atoms with van der Waals surface area (Å²) in [6, 6.07) is 22.0. The minimum atomic E-state index is -1.95. The molecular formula is C19H15FO2. The number of rotatable bonds is 5. The van der Waals surface area contributed by atoms with Gasteiger partial charge in [0.1, 0.15) is 0 Å². The van der Waals surface area contributed by atoms with Gasteiger partial charge < -0.3 is 4.74 Å². The lowest BCUT2D eigenvalue weighted by molar-refractivity contribution is -0.0294. The molecule has 110 valence electrons.